The van der Waals surface area contributed by atoms with Gasteiger partial charge in [-0.3, -0.25) is 19.5 Å². The number of carbonyl (C=O) groups is 1. The number of carboxylic acid groups (broad SMARTS) is 1. The van der Waals surface area contributed by atoms with Crippen LogP contribution in [0, 0.1) is 0 Å². The number of ether oxygens (including phenoxy) is 1. The smallest absolute Gasteiger partial charge is 0.320 e. The molecule has 6 heteroatoms. The van der Waals surface area contributed by atoms with Crippen molar-refractivity contribution in [1.29, 1.82) is 0 Å². The van der Waals surface area contributed by atoms with Crippen molar-refractivity contribution in [2.75, 3.05) is 59.0 Å². The van der Waals surface area contributed by atoms with E-state index in [1.807, 2.05) is 4.90 Å². The molecule has 0 aliphatic carbocycles. The summed E-state index contributed by atoms with van der Waals surface area (Å²) in [6.07, 6.45) is 0.298. The van der Waals surface area contributed by atoms with Gasteiger partial charge in [-0.2, -0.15) is 0 Å². The molecular formula is C14H27N3O3. The van der Waals surface area contributed by atoms with Gasteiger partial charge in [0.1, 0.15) is 6.04 Å². The van der Waals surface area contributed by atoms with E-state index in [0.29, 0.717) is 6.10 Å². The van der Waals surface area contributed by atoms with E-state index in [-0.39, 0.29) is 6.04 Å². The van der Waals surface area contributed by atoms with Crippen molar-refractivity contribution >= 4 is 5.97 Å². The van der Waals surface area contributed by atoms with Crippen LogP contribution in [-0.2, 0) is 9.53 Å². The molecular weight excluding hydrogens is 258 g/mol. The minimum absolute atomic E-state index is 0.298. The molecule has 0 aromatic heterocycles. The third kappa shape index (κ3) is 4.15. The van der Waals surface area contributed by atoms with Gasteiger partial charge in [0, 0.05) is 45.8 Å². The Kier molecular flexibility index (Phi) is 5.77. The summed E-state index contributed by atoms with van der Waals surface area (Å²) in [6.45, 7) is 12.4. The van der Waals surface area contributed by atoms with Gasteiger partial charge in [-0.05, 0) is 13.5 Å². The monoisotopic (exact) mass is 285 g/mol. The summed E-state index contributed by atoms with van der Waals surface area (Å²) < 4.78 is 5.83. The van der Waals surface area contributed by atoms with Gasteiger partial charge < -0.3 is 9.84 Å². The normalized spacial score (nSPS) is 28.4. The zero-order valence-corrected chi connectivity index (χ0v) is 12.6. The van der Waals surface area contributed by atoms with E-state index >= 15 is 0 Å². The second-order valence-electron chi connectivity index (χ2n) is 5.74. The zero-order valence-electron chi connectivity index (χ0n) is 12.6. The number of likely N-dealkylation sites (N-methyl/N-ethyl adjacent to an activating group) is 1. The molecule has 2 unspecified atom stereocenters. The Morgan fingerprint density at radius 3 is 2.55 bits per heavy atom. The summed E-state index contributed by atoms with van der Waals surface area (Å²) >= 11 is 0. The Bertz CT molecular complexity index is 319. The highest BCUT2D eigenvalue weighted by atomic mass is 16.5. The topological polar surface area (TPSA) is 56.2 Å². The fraction of sp³-hybridized carbons (Fsp3) is 0.929. The number of nitrogens with zero attached hydrogens (tertiary/aromatic N) is 3. The standard InChI is InChI=1S/C14H27N3O3/c1-3-15-8-9-20-13(10-15)11-16-4-6-17(7-5-16)12(2)14(18)19/h12-13H,3-11H2,1-2H3,(H,18,19). The van der Waals surface area contributed by atoms with Crippen LogP contribution in [0.3, 0.4) is 0 Å². The SMILES string of the molecule is CCN1CCOC(CN2CCN(C(C)C(=O)O)CC2)C1. The summed E-state index contributed by atoms with van der Waals surface area (Å²) in [5, 5.41) is 9.04. The molecule has 0 aromatic rings. The van der Waals surface area contributed by atoms with Crippen LogP contribution < -0.4 is 0 Å². The third-order valence-corrected chi connectivity index (χ3v) is 4.44. The summed E-state index contributed by atoms with van der Waals surface area (Å²) in [6, 6.07) is -0.376. The zero-order chi connectivity index (χ0) is 14.5. The van der Waals surface area contributed by atoms with Crippen molar-refractivity contribution in [2.45, 2.75) is 26.0 Å². The lowest BCUT2D eigenvalue weighted by atomic mass is 10.2. The molecule has 0 spiro atoms. The summed E-state index contributed by atoms with van der Waals surface area (Å²) in [5.74, 6) is -0.729. The Labute approximate surface area is 121 Å². The van der Waals surface area contributed by atoms with E-state index in [4.69, 9.17) is 9.84 Å². The Balaban J connectivity index is 1.73. The molecule has 6 nitrogen and oxygen atoms in total. The number of hydrogen-bond acceptors (Lipinski definition) is 5. The van der Waals surface area contributed by atoms with Crippen LogP contribution >= 0.6 is 0 Å². The molecule has 0 amide bonds. The predicted octanol–water partition coefficient (Wildman–Crippen LogP) is -0.202. The van der Waals surface area contributed by atoms with E-state index in [1.54, 1.807) is 6.92 Å². The number of carboxylic acids is 1. The van der Waals surface area contributed by atoms with E-state index < -0.39 is 5.97 Å². The molecule has 1 N–H and O–H groups in total. The van der Waals surface area contributed by atoms with Gasteiger partial charge in [-0.15, -0.1) is 0 Å². The molecule has 2 aliphatic rings. The van der Waals surface area contributed by atoms with Crippen molar-refractivity contribution < 1.29 is 14.6 Å². The van der Waals surface area contributed by atoms with Crippen molar-refractivity contribution in [2.24, 2.45) is 0 Å². The first-order valence-corrected chi connectivity index (χ1v) is 7.63. The third-order valence-electron chi connectivity index (χ3n) is 4.44. The molecule has 0 saturated carbocycles. The van der Waals surface area contributed by atoms with Crippen molar-refractivity contribution in [3.63, 3.8) is 0 Å². The first kappa shape index (κ1) is 15.7. The van der Waals surface area contributed by atoms with Gasteiger partial charge in [0.05, 0.1) is 12.7 Å². The summed E-state index contributed by atoms with van der Waals surface area (Å²) in [5.41, 5.74) is 0. The molecule has 0 radical (unpaired) electrons. The predicted molar refractivity (Wildman–Crippen MR) is 77.0 cm³/mol. The maximum absolute atomic E-state index is 11.0. The fourth-order valence-corrected chi connectivity index (χ4v) is 2.96. The van der Waals surface area contributed by atoms with Gasteiger partial charge in [0.2, 0.25) is 0 Å². The van der Waals surface area contributed by atoms with Crippen molar-refractivity contribution in [1.82, 2.24) is 14.7 Å². The molecule has 20 heavy (non-hydrogen) atoms. The number of hydrogen-bond donors (Lipinski definition) is 1. The van der Waals surface area contributed by atoms with Gasteiger partial charge >= 0.3 is 5.97 Å². The molecule has 2 heterocycles. The molecule has 0 aromatic carbocycles. The fourth-order valence-electron chi connectivity index (χ4n) is 2.96. The number of piperazine rings is 1. The average molecular weight is 285 g/mol. The number of rotatable bonds is 5. The highest BCUT2D eigenvalue weighted by molar-refractivity contribution is 5.72. The van der Waals surface area contributed by atoms with Gasteiger partial charge in [0.15, 0.2) is 0 Å². The molecule has 2 rings (SSSR count). The molecule has 2 fully saturated rings. The van der Waals surface area contributed by atoms with Gasteiger partial charge in [-0.1, -0.05) is 6.92 Å². The quantitative estimate of drug-likeness (QED) is 0.755. The Morgan fingerprint density at radius 2 is 1.95 bits per heavy atom. The van der Waals surface area contributed by atoms with Crippen LogP contribution in [0.5, 0.6) is 0 Å². The average Bonchev–Trinajstić information content (AvgIpc) is 2.47. The van der Waals surface area contributed by atoms with Crippen LogP contribution in [0.2, 0.25) is 0 Å². The molecule has 116 valence electrons. The Hall–Kier alpha value is -0.690. The summed E-state index contributed by atoms with van der Waals surface area (Å²) in [7, 11) is 0. The van der Waals surface area contributed by atoms with Crippen LogP contribution in [0.15, 0.2) is 0 Å². The van der Waals surface area contributed by atoms with Gasteiger partial charge in [-0.25, -0.2) is 0 Å². The van der Waals surface area contributed by atoms with E-state index in [9.17, 15) is 4.79 Å². The second kappa shape index (κ2) is 7.36. The highest BCUT2D eigenvalue weighted by Gasteiger charge is 2.27. The molecule has 2 saturated heterocycles. The van der Waals surface area contributed by atoms with Crippen LogP contribution in [0.4, 0.5) is 0 Å². The maximum Gasteiger partial charge on any atom is 0.320 e. The van der Waals surface area contributed by atoms with Crippen LogP contribution in [0.1, 0.15) is 13.8 Å². The van der Waals surface area contributed by atoms with Crippen LogP contribution in [-0.4, -0.2) is 96.9 Å². The lowest BCUT2D eigenvalue weighted by Gasteiger charge is -2.40. The minimum atomic E-state index is -0.729. The first-order valence-electron chi connectivity index (χ1n) is 7.63. The maximum atomic E-state index is 11.0. The largest absolute Gasteiger partial charge is 0.480 e. The lowest BCUT2D eigenvalue weighted by molar-refractivity contribution is -0.143. The first-order chi connectivity index (χ1) is 9.60. The molecule has 0 bridgehead atoms. The number of morpholine rings is 1. The van der Waals surface area contributed by atoms with Crippen molar-refractivity contribution in [3.05, 3.63) is 0 Å². The highest BCUT2D eigenvalue weighted by Crippen LogP contribution is 2.11. The van der Waals surface area contributed by atoms with E-state index in [2.05, 4.69) is 16.7 Å². The molecule has 2 aliphatic heterocycles. The van der Waals surface area contributed by atoms with Crippen molar-refractivity contribution in [3.8, 4) is 0 Å². The minimum Gasteiger partial charge on any atom is -0.480 e. The summed E-state index contributed by atoms with van der Waals surface area (Å²) in [4.78, 5) is 17.9. The van der Waals surface area contributed by atoms with E-state index in [0.717, 1.165) is 59.0 Å². The van der Waals surface area contributed by atoms with Crippen LogP contribution in [0.25, 0.3) is 0 Å². The number of aliphatic carboxylic acids is 1. The molecule has 2 atom stereocenters. The van der Waals surface area contributed by atoms with Gasteiger partial charge in [0.25, 0.3) is 0 Å². The second-order valence-corrected chi connectivity index (χ2v) is 5.74. The lowest BCUT2D eigenvalue weighted by Crippen LogP contribution is -2.55. The Morgan fingerprint density at radius 1 is 1.25 bits per heavy atom. The van der Waals surface area contributed by atoms with E-state index in [1.165, 1.54) is 0 Å².